The topological polar surface area (TPSA) is 52.6 Å². The van der Waals surface area contributed by atoms with Crippen LogP contribution >= 0.6 is 0 Å². The quantitative estimate of drug-likeness (QED) is 0.606. The van der Waals surface area contributed by atoms with Crippen LogP contribution < -0.4 is 0 Å². The van der Waals surface area contributed by atoms with E-state index in [9.17, 15) is 9.59 Å². The fourth-order valence-corrected chi connectivity index (χ4v) is 1.70. The standard InChI is InChI=1S/C18H16O4/c19-17(15-9-3-1-4-10-15)21-13-7-8-14-22-18(20)16-11-5-2-6-12-16/h1-12H,13-14H2. The second-order valence-corrected chi connectivity index (χ2v) is 4.40. The maximum absolute atomic E-state index is 11.6. The van der Waals surface area contributed by atoms with Gasteiger partial charge in [-0.15, -0.1) is 0 Å². The van der Waals surface area contributed by atoms with Gasteiger partial charge in [0.1, 0.15) is 13.2 Å². The lowest BCUT2D eigenvalue weighted by Crippen LogP contribution is -2.06. The van der Waals surface area contributed by atoms with Gasteiger partial charge in [-0.1, -0.05) is 36.4 Å². The van der Waals surface area contributed by atoms with E-state index in [-0.39, 0.29) is 25.2 Å². The first-order valence-corrected chi connectivity index (χ1v) is 6.87. The Morgan fingerprint density at radius 1 is 0.682 bits per heavy atom. The first kappa shape index (κ1) is 15.5. The number of carbonyl (C=O) groups is 2. The number of hydrogen-bond acceptors (Lipinski definition) is 4. The molecule has 0 heterocycles. The van der Waals surface area contributed by atoms with Crippen molar-refractivity contribution < 1.29 is 19.1 Å². The smallest absolute Gasteiger partial charge is 0.338 e. The summed E-state index contributed by atoms with van der Waals surface area (Å²) in [5.41, 5.74) is 1.01. The van der Waals surface area contributed by atoms with E-state index < -0.39 is 0 Å². The fraction of sp³-hybridized carbons (Fsp3) is 0.111. The van der Waals surface area contributed by atoms with Gasteiger partial charge < -0.3 is 9.47 Å². The molecule has 4 nitrogen and oxygen atoms in total. The first-order valence-electron chi connectivity index (χ1n) is 6.87. The molecule has 0 bridgehead atoms. The molecule has 0 aromatic heterocycles. The lowest BCUT2D eigenvalue weighted by atomic mass is 10.2. The molecule has 0 unspecified atom stereocenters. The Labute approximate surface area is 129 Å². The highest BCUT2D eigenvalue weighted by Crippen LogP contribution is 2.02. The maximum atomic E-state index is 11.6. The number of esters is 2. The van der Waals surface area contributed by atoms with Gasteiger partial charge in [0, 0.05) is 0 Å². The maximum Gasteiger partial charge on any atom is 0.338 e. The molecule has 0 amide bonds. The van der Waals surface area contributed by atoms with E-state index in [0.29, 0.717) is 11.1 Å². The third kappa shape index (κ3) is 4.90. The molecule has 0 fully saturated rings. The minimum atomic E-state index is -0.383. The van der Waals surface area contributed by atoms with Crippen molar-refractivity contribution >= 4 is 11.9 Å². The Kier molecular flexibility index (Phi) is 5.93. The zero-order valence-corrected chi connectivity index (χ0v) is 12.0. The third-order valence-corrected chi connectivity index (χ3v) is 2.81. The Morgan fingerprint density at radius 3 is 1.41 bits per heavy atom. The zero-order valence-electron chi connectivity index (χ0n) is 12.0. The van der Waals surface area contributed by atoms with Crippen LogP contribution in [-0.2, 0) is 9.47 Å². The van der Waals surface area contributed by atoms with E-state index in [0.717, 1.165) is 0 Å². The van der Waals surface area contributed by atoms with Gasteiger partial charge in [0.05, 0.1) is 11.1 Å². The molecule has 0 aliphatic carbocycles. The van der Waals surface area contributed by atoms with E-state index in [2.05, 4.69) is 0 Å². The number of benzene rings is 2. The number of carbonyl (C=O) groups excluding carboxylic acids is 2. The van der Waals surface area contributed by atoms with Gasteiger partial charge in [-0.05, 0) is 36.4 Å². The van der Waals surface area contributed by atoms with Crippen LogP contribution in [-0.4, -0.2) is 25.2 Å². The zero-order chi connectivity index (χ0) is 15.6. The summed E-state index contributed by atoms with van der Waals surface area (Å²) in [5.74, 6) is -0.766. The van der Waals surface area contributed by atoms with Crippen molar-refractivity contribution in [2.75, 3.05) is 13.2 Å². The van der Waals surface area contributed by atoms with Crippen molar-refractivity contribution in [2.45, 2.75) is 0 Å². The van der Waals surface area contributed by atoms with Crippen LogP contribution in [0.5, 0.6) is 0 Å². The average Bonchev–Trinajstić information content (AvgIpc) is 2.59. The molecule has 0 N–H and O–H groups in total. The summed E-state index contributed by atoms with van der Waals surface area (Å²) in [6.07, 6.45) is 3.28. The van der Waals surface area contributed by atoms with Crippen LogP contribution in [0.3, 0.4) is 0 Å². The molecule has 0 saturated carbocycles. The minimum Gasteiger partial charge on any atom is -0.458 e. The fourth-order valence-electron chi connectivity index (χ4n) is 1.70. The monoisotopic (exact) mass is 296 g/mol. The summed E-state index contributed by atoms with van der Waals surface area (Å²) in [6, 6.07) is 17.5. The van der Waals surface area contributed by atoms with E-state index in [1.165, 1.54) is 0 Å². The third-order valence-electron chi connectivity index (χ3n) is 2.81. The van der Waals surface area contributed by atoms with Gasteiger partial charge >= 0.3 is 11.9 Å². The second kappa shape index (κ2) is 8.42. The molecule has 0 spiro atoms. The van der Waals surface area contributed by atoms with Crippen LogP contribution in [0.4, 0.5) is 0 Å². The summed E-state index contributed by atoms with van der Waals surface area (Å²) in [5, 5.41) is 0. The molecule has 2 rings (SSSR count). The van der Waals surface area contributed by atoms with Gasteiger partial charge in [-0.25, -0.2) is 9.59 Å². The molecule has 0 saturated heterocycles. The normalized spacial score (nSPS) is 10.4. The van der Waals surface area contributed by atoms with Crippen molar-refractivity contribution in [2.24, 2.45) is 0 Å². The van der Waals surface area contributed by atoms with Gasteiger partial charge in [-0.3, -0.25) is 0 Å². The van der Waals surface area contributed by atoms with Gasteiger partial charge in [0.15, 0.2) is 0 Å². The molecule has 22 heavy (non-hydrogen) atoms. The summed E-state index contributed by atoms with van der Waals surface area (Å²) in [7, 11) is 0. The predicted octanol–water partition coefficient (Wildman–Crippen LogP) is 3.26. The predicted molar refractivity (Wildman–Crippen MR) is 82.6 cm³/mol. The molecule has 112 valence electrons. The lowest BCUT2D eigenvalue weighted by Gasteiger charge is -2.02. The Hall–Kier alpha value is -2.88. The number of rotatable bonds is 6. The van der Waals surface area contributed by atoms with Crippen LogP contribution in [0.2, 0.25) is 0 Å². The lowest BCUT2D eigenvalue weighted by molar-refractivity contribution is 0.0527. The summed E-state index contributed by atoms with van der Waals surface area (Å²) in [4.78, 5) is 23.3. The summed E-state index contributed by atoms with van der Waals surface area (Å²) >= 11 is 0. The van der Waals surface area contributed by atoms with Crippen molar-refractivity contribution in [1.82, 2.24) is 0 Å². The van der Waals surface area contributed by atoms with Gasteiger partial charge in [0.2, 0.25) is 0 Å². The Bertz CT molecular complexity index is 575. The molecule has 0 aliphatic heterocycles. The Morgan fingerprint density at radius 2 is 1.05 bits per heavy atom. The van der Waals surface area contributed by atoms with Crippen molar-refractivity contribution in [3.8, 4) is 0 Å². The molecule has 0 atom stereocenters. The van der Waals surface area contributed by atoms with Crippen LogP contribution in [0.25, 0.3) is 0 Å². The van der Waals surface area contributed by atoms with E-state index in [1.807, 2.05) is 12.1 Å². The average molecular weight is 296 g/mol. The molecule has 0 aliphatic rings. The van der Waals surface area contributed by atoms with E-state index >= 15 is 0 Å². The van der Waals surface area contributed by atoms with Crippen molar-refractivity contribution in [3.05, 3.63) is 83.9 Å². The molecule has 0 radical (unpaired) electrons. The second-order valence-electron chi connectivity index (χ2n) is 4.40. The van der Waals surface area contributed by atoms with Crippen LogP contribution in [0.15, 0.2) is 72.8 Å². The SMILES string of the molecule is O=C(OCC=CCOC(=O)c1ccccc1)c1ccccc1. The summed E-state index contributed by atoms with van der Waals surface area (Å²) in [6.45, 7) is 0.271. The Balaban J connectivity index is 1.67. The van der Waals surface area contributed by atoms with Crippen LogP contribution in [0.1, 0.15) is 20.7 Å². The largest absolute Gasteiger partial charge is 0.458 e. The number of hydrogen-bond donors (Lipinski definition) is 0. The highest BCUT2D eigenvalue weighted by atomic mass is 16.5. The highest BCUT2D eigenvalue weighted by molar-refractivity contribution is 5.89. The first-order chi connectivity index (χ1) is 10.8. The molecule has 4 heteroatoms. The molecule has 2 aromatic rings. The van der Waals surface area contributed by atoms with Crippen molar-refractivity contribution in [1.29, 1.82) is 0 Å². The van der Waals surface area contributed by atoms with Gasteiger partial charge in [-0.2, -0.15) is 0 Å². The van der Waals surface area contributed by atoms with Crippen molar-refractivity contribution in [3.63, 3.8) is 0 Å². The molecular formula is C18H16O4. The van der Waals surface area contributed by atoms with E-state index in [1.54, 1.807) is 60.7 Å². The summed E-state index contributed by atoms with van der Waals surface area (Å²) < 4.78 is 10.1. The molecular weight excluding hydrogens is 280 g/mol. The van der Waals surface area contributed by atoms with Gasteiger partial charge in [0.25, 0.3) is 0 Å². The van der Waals surface area contributed by atoms with E-state index in [4.69, 9.17) is 9.47 Å². The molecule has 2 aromatic carbocycles. The van der Waals surface area contributed by atoms with Crippen LogP contribution in [0, 0.1) is 0 Å². The highest BCUT2D eigenvalue weighted by Gasteiger charge is 2.05. The number of ether oxygens (including phenoxy) is 2. The minimum absolute atomic E-state index is 0.136.